The number of primary amides is 1. The first-order chi connectivity index (χ1) is 8.36. The Morgan fingerprint density at radius 1 is 1.33 bits per heavy atom. The lowest BCUT2D eigenvalue weighted by Gasteiger charge is -2.25. The number of nitriles is 1. The predicted molar refractivity (Wildman–Crippen MR) is 68.3 cm³/mol. The Bertz CT molecular complexity index is 323. The van der Waals surface area contributed by atoms with E-state index in [0.717, 1.165) is 0 Å². The van der Waals surface area contributed by atoms with Gasteiger partial charge in [0.1, 0.15) is 0 Å². The van der Waals surface area contributed by atoms with E-state index in [1.54, 1.807) is 11.9 Å². The molecule has 0 saturated heterocycles. The summed E-state index contributed by atoms with van der Waals surface area (Å²) in [4.78, 5) is 26.0. The number of nitrogens with two attached hydrogens (primary N) is 1. The average molecular weight is 254 g/mol. The molecule has 0 radical (unpaired) electrons. The molecule has 6 heteroatoms. The Morgan fingerprint density at radius 2 is 1.94 bits per heavy atom. The topological polar surface area (TPSA) is 90.4 Å². The van der Waals surface area contributed by atoms with E-state index in [2.05, 4.69) is 0 Å². The standard InChI is InChI=1S/C12H22N4O2/c1-10(2)7-16(8-11(14)17)9-12(18)15(3)6-4-5-13/h10H,4,6-9H2,1-3H3,(H2,14,17). The molecular weight excluding hydrogens is 232 g/mol. The first-order valence-electron chi connectivity index (χ1n) is 5.98. The molecule has 0 aliphatic heterocycles. The van der Waals surface area contributed by atoms with Gasteiger partial charge in [0.05, 0.1) is 25.6 Å². The van der Waals surface area contributed by atoms with E-state index in [1.807, 2.05) is 19.9 Å². The molecule has 0 bridgehead atoms. The summed E-state index contributed by atoms with van der Waals surface area (Å²) in [7, 11) is 1.65. The van der Waals surface area contributed by atoms with Crippen molar-refractivity contribution in [3.05, 3.63) is 0 Å². The van der Waals surface area contributed by atoms with Crippen LogP contribution in [-0.4, -0.2) is 54.8 Å². The molecule has 0 aliphatic carbocycles. The van der Waals surface area contributed by atoms with Gasteiger partial charge in [0.15, 0.2) is 0 Å². The average Bonchev–Trinajstić information content (AvgIpc) is 2.23. The van der Waals surface area contributed by atoms with Gasteiger partial charge in [-0.1, -0.05) is 13.8 Å². The van der Waals surface area contributed by atoms with Crippen molar-refractivity contribution < 1.29 is 9.59 Å². The van der Waals surface area contributed by atoms with Crippen LogP contribution in [0, 0.1) is 17.2 Å². The van der Waals surface area contributed by atoms with Crippen molar-refractivity contribution >= 4 is 11.8 Å². The third-order valence-corrected chi connectivity index (χ3v) is 2.35. The first kappa shape index (κ1) is 16.4. The summed E-state index contributed by atoms with van der Waals surface area (Å²) in [5, 5.41) is 8.46. The van der Waals surface area contributed by atoms with E-state index in [-0.39, 0.29) is 19.0 Å². The van der Waals surface area contributed by atoms with Gasteiger partial charge in [-0.25, -0.2) is 0 Å². The van der Waals surface area contributed by atoms with Gasteiger partial charge in [-0.3, -0.25) is 14.5 Å². The lowest BCUT2D eigenvalue weighted by molar-refractivity contribution is -0.131. The fraction of sp³-hybridized carbons (Fsp3) is 0.750. The zero-order valence-electron chi connectivity index (χ0n) is 11.3. The molecule has 0 atom stereocenters. The van der Waals surface area contributed by atoms with E-state index in [9.17, 15) is 9.59 Å². The maximum absolute atomic E-state index is 11.8. The number of carbonyl (C=O) groups excluding carboxylic acids is 2. The van der Waals surface area contributed by atoms with Crippen LogP contribution in [0.25, 0.3) is 0 Å². The van der Waals surface area contributed by atoms with Crippen LogP contribution in [-0.2, 0) is 9.59 Å². The van der Waals surface area contributed by atoms with Crippen LogP contribution in [0.4, 0.5) is 0 Å². The van der Waals surface area contributed by atoms with Crippen LogP contribution in [0.1, 0.15) is 20.3 Å². The summed E-state index contributed by atoms with van der Waals surface area (Å²) in [5.41, 5.74) is 5.15. The molecule has 102 valence electrons. The zero-order chi connectivity index (χ0) is 14.1. The van der Waals surface area contributed by atoms with Crippen molar-refractivity contribution in [2.45, 2.75) is 20.3 Å². The molecule has 0 aliphatic rings. The molecule has 0 rings (SSSR count). The maximum Gasteiger partial charge on any atom is 0.236 e. The molecule has 18 heavy (non-hydrogen) atoms. The SMILES string of the molecule is CC(C)CN(CC(N)=O)CC(=O)N(C)CCC#N. The third-order valence-electron chi connectivity index (χ3n) is 2.35. The molecule has 0 unspecified atom stereocenters. The highest BCUT2D eigenvalue weighted by atomic mass is 16.2. The van der Waals surface area contributed by atoms with Crippen LogP contribution in [0.3, 0.4) is 0 Å². The van der Waals surface area contributed by atoms with Crippen LogP contribution < -0.4 is 5.73 Å². The van der Waals surface area contributed by atoms with Crippen molar-refractivity contribution in [1.29, 1.82) is 5.26 Å². The monoisotopic (exact) mass is 254 g/mol. The molecule has 0 aromatic carbocycles. The molecule has 0 saturated carbocycles. The molecule has 2 N–H and O–H groups in total. The van der Waals surface area contributed by atoms with Crippen LogP contribution in [0.5, 0.6) is 0 Å². The molecule has 6 nitrogen and oxygen atoms in total. The lowest BCUT2D eigenvalue weighted by atomic mass is 10.2. The smallest absolute Gasteiger partial charge is 0.236 e. The fourth-order valence-electron chi connectivity index (χ4n) is 1.58. The van der Waals surface area contributed by atoms with Crippen molar-refractivity contribution in [3.8, 4) is 6.07 Å². The minimum absolute atomic E-state index is 0.0794. The van der Waals surface area contributed by atoms with Crippen LogP contribution in [0.15, 0.2) is 0 Å². The quantitative estimate of drug-likeness (QED) is 0.649. The summed E-state index contributed by atoms with van der Waals surface area (Å²) in [6.07, 6.45) is 0.308. The van der Waals surface area contributed by atoms with Crippen molar-refractivity contribution in [3.63, 3.8) is 0 Å². The summed E-state index contributed by atoms with van der Waals surface area (Å²) in [6, 6.07) is 1.99. The van der Waals surface area contributed by atoms with Crippen molar-refractivity contribution in [2.24, 2.45) is 11.7 Å². The number of carbonyl (C=O) groups is 2. The lowest BCUT2D eigenvalue weighted by Crippen LogP contribution is -2.43. The van der Waals surface area contributed by atoms with Crippen LogP contribution >= 0.6 is 0 Å². The number of hydrogen-bond donors (Lipinski definition) is 1. The van der Waals surface area contributed by atoms with Gasteiger partial charge in [-0.15, -0.1) is 0 Å². The molecule has 2 amide bonds. The second-order valence-corrected chi connectivity index (χ2v) is 4.75. The predicted octanol–water partition coefficient (Wildman–Crippen LogP) is -0.198. The van der Waals surface area contributed by atoms with Gasteiger partial charge in [-0.05, 0) is 5.92 Å². The van der Waals surface area contributed by atoms with Gasteiger partial charge in [0.2, 0.25) is 11.8 Å². The third kappa shape index (κ3) is 7.63. The van der Waals surface area contributed by atoms with E-state index >= 15 is 0 Å². The van der Waals surface area contributed by atoms with Gasteiger partial charge >= 0.3 is 0 Å². The maximum atomic E-state index is 11.8. The Hall–Kier alpha value is -1.61. The van der Waals surface area contributed by atoms with E-state index in [4.69, 9.17) is 11.0 Å². The van der Waals surface area contributed by atoms with E-state index < -0.39 is 5.91 Å². The van der Waals surface area contributed by atoms with Crippen molar-refractivity contribution in [1.82, 2.24) is 9.80 Å². The minimum atomic E-state index is -0.442. The number of likely N-dealkylation sites (N-methyl/N-ethyl adjacent to an activating group) is 1. The largest absolute Gasteiger partial charge is 0.369 e. The molecule has 0 fully saturated rings. The second kappa shape index (κ2) is 8.48. The molecule has 0 aromatic rings. The molecular formula is C12H22N4O2. The van der Waals surface area contributed by atoms with Gasteiger partial charge < -0.3 is 10.6 Å². The highest BCUT2D eigenvalue weighted by molar-refractivity contribution is 5.80. The number of nitrogens with zero attached hydrogens (tertiary/aromatic N) is 3. The first-order valence-corrected chi connectivity index (χ1v) is 5.98. The summed E-state index contributed by atoms with van der Waals surface area (Å²) < 4.78 is 0. The minimum Gasteiger partial charge on any atom is -0.369 e. The normalized spacial score (nSPS) is 10.4. The van der Waals surface area contributed by atoms with Crippen molar-refractivity contribution in [2.75, 3.05) is 33.2 Å². The van der Waals surface area contributed by atoms with Gasteiger partial charge in [-0.2, -0.15) is 5.26 Å². The van der Waals surface area contributed by atoms with E-state index in [0.29, 0.717) is 25.4 Å². The highest BCUT2D eigenvalue weighted by Gasteiger charge is 2.16. The molecule has 0 heterocycles. The van der Waals surface area contributed by atoms with Crippen LogP contribution in [0.2, 0.25) is 0 Å². The fourth-order valence-corrected chi connectivity index (χ4v) is 1.58. The Labute approximate surface area is 108 Å². The summed E-state index contributed by atoms with van der Waals surface area (Å²) in [6.45, 7) is 5.30. The molecule has 0 aromatic heterocycles. The highest BCUT2D eigenvalue weighted by Crippen LogP contribution is 2.00. The summed E-state index contributed by atoms with van der Waals surface area (Å²) >= 11 is 0. The zero-order valence-corrected chi connectivity index (χ0v) is 11.3. The van der Waals surface area contributed by atoms with Gasteiger partial charge in [0.25, 0.3) is 0 Å². The Balaban J connectivity index is 4.33. The Kier molecular flexibility index (Phi) is 7.72. The number of hydrogen-bond acceptors (Lipinski definition) is 4. The molecule has 0 spiro atoms. The Morgan fingerprint density at radius 3 is 2.39 bits per heavy atom. The summed E-state index contributed by atoms with van der Waals surface area (Å²) in [5.74, 6) is -0.197. The number of rotatable bonds is 8. The number of amides is 2. The second-order valence-electron chi connectivity index (χ2n) is 4.75. The van der Waals surface area contributed by atoms with E-state index in [1.165, 1.54) is 4.90 Å². The van der Waals surface area contributed by atoms with Gasteiger partial charge in [0, 0.05) is 20.1 Å².